The third-order valence-electron chi connectivity index (χ3n) is 19.6. The van der Waals surface area contributed by atoms with Gasteiger partial charge in [0.1, 0.15) is 0 Å². The van der Waals surface area contributed by atoms with Gasteiger partial charge in [-0.3, -0.25) is 0 Å². The minimum Gasteiger partial charge on any atom is -0.452 e. The van der Waals surface area contributed by atoms with Crippen molar-refractivity contribution in [3.63, 3.8) is 0 Å². The predicted octanol–water partition coefficient (Wildman–Crippen LogP) is 25.4. The first-order valence-electron chi connectivity index (χ1n) is 40.6. The first kappa shape index (κ1) is 43.0. The molecule has 0 aliphatic carbocycles. The lowest BCUT2D eigenvalue weighted by atomic mass is 9.73. The summed E-state index contributed by atoms with van der Waals surface area (Å²) in [5, 5.41) is 1.10. The molecular weight excluding hydrogens is 1170 g/mol. The van der Waals surface area contributed by atoms with Crippen molar-refractivity contribution < 1.29 is 26.3 Å². The number of furan rings is 1. The fourth-order valence-corrected chi connectivity index (χ4v) is 14.7. The predicted molar refractivity (Wildman–Crippen MR) is 405 cm³/mol. The Bertz CT molecular complexity index is 6610. The Balaban J connectivity index is 0.988. The number of nitrogens with zero attached hydrogens (tertiary/aromatic N) is 4. The zero-order chi connectivity index (χ0) is 79.0. The van der Waals surface area contributed by atoms with E-state index >= 15 is 0 Å². The smallest absolute Gasteiger partial charge is 0.159 e. The van der Waals surface area contributed by atoms with Gasteiger partial charge >= 0.3 is 0 Å². The largest absolute Gasteiger partial charge is 0.452 e. The summed E-state index contributed by atoms with van der Waals surface area (Å²) in [7, 11) is 0. The van der Waals surface area contributed by atoms with E-state index in [1.165, 1.54) is 4.57 Å². The lowest BCUT2D eigenvalue weighted by Gasteiger charge is -2.46. The van der Waals surface area contributed by atoms with Gasteiger partial charge in [-0.05, 0) is 162 Å². The maximum atomic E-state index is 9.71. The van der Waals surface area contributed by atoms with Crippen LogP contribution in [0.2, 0.25) is 0 Å². The Morgan fingerprint density at radius 3 is 1.26 bits per heavy atom. The van der Waals surface area contributed by atoms with Crippen LogP contribution in [0.25, 0.3) is 110 Å². The Labute approximate surface area is 583 Å². The average Bonchev–Trinajstić information content (AvgIpc) is 1.07. The Hall–Kier alpha value is -11.1. The number of benzene rings is 13. The molecule has 1 unspecified atom stereocenters. The van der Waals surface area contributed by atoms with E-state index in [4.69, 9.17) is 15.4 Å². The molecule has 13 aromatic carbocycles. The van der Waals surface area contributed by atoms with Crippen molar-refractivity contribution in [2.24, 2.45) is 0 Å². The van der Waals surface area contributed by atoms with Crippen LogP contribution in [0.1, 0.15) is 124 Å². The molecule has 0 amide bonds. The molecule has 16 aromatic rings. The van der Waals surface area contributed by atoms with Crippen molar-refractivity contribution in [3.05, 3.63) is 312 Å². The third kappa shape index (κ3) is 8.97. The van der Waals surface area contributed by atoms with Gasteiger partial charge in [-0.2, -0.15) is 0 Å². The van der Waals surface area contributed by atoms with Gasteiger partial charge in [0.15, 0.2) is 11.2 Å². The van der Waals surface area contributed by atoms with Crippen LogP contribution in [0.3, 0.4) is 0 Å². The summed E-state index contributed by atoms with van der Waals surface area (Å²) >= 11 is 0. The lowest BCUT2D eigenvalue weighted by Crippen LogP contribution is -2.30. The molecule has 18 rings (SSSR count). The van der Waals surface area contributed by atoms with E-state index < -0.39 is 108 Å². The molecule has 0 radical (unpaired) electrons. The van der Waals surface area contributed by atoms with Crippen LogP contribution in [0, 0.1) is 0 Å². The van der Waals surface area contributed by atoms with Crippen molar-refractivity contribution in [1.29, 1.82) is 0 Å². The van der Waals surface area contributed by atoms with Crippen molar-refractivity contribution >= 4 is 99.7 Å². The van der Waals surface area contributed by atoms with Crippen molar-refractivity contribution in [2.45, 2.75) is 84.5 Å². The Morgan fingerprint density at radius 2 is 0.740 bits per heavy atom. The van der Waals surface area contributed by atoms with E-state index in [-0.39, 0.29) is 65.7 Å². The topological polar surface area (TPSA) is 29.5 Å². The summed E-state index contributed by atoms with van der Waals surface area (Å²) in [5.41, 5.74) is 16.2. The zero-order valence-corrected chi connectivity index (χ0v) is 54.6. The fraction of sp³-hybridized carbons (Fsp3) is 0.143. The van der Waals surface area contributed by atoms with Crippen LogP contribution in [-0.2, 0) is 16.2 Å². The number of aromatic nitrogens is 2. The van der Waals surface area contributed by atoms with Crippen molar-refractivity contribution in [2.75, 3.05) is 9.80 Å². The highest BCUT2D eigenvalue weighted by molar-refractivity contribution is 6.16. The van der Waals surface area contributed by atoms with Gasteiger partial charge in [0.05, 0.1) is 78.1 Å². The van der Waals surface area contributed by atoms with Gasteiger partial charge in [0.2, 0.25) is 0 Å². The molecule has 2 aliphatic heterocycles. The molecular formula is C91H74N4O. The van der Waals surface area contributed by atoms with Crippen molar-refractivity contribution in [3.8, 4) is 44.8 Å². The molecule has 5 nitrogen and oxygen atoms in total. The molecule has 3 aromatic heterocycles. The molecule has 0 fully saturated rings. The lowest BCUT2D eigenvalue weighted by molar-refractivity contribution is 0.569. The van der Waals surface area contributed by atoms with Crippen LogP contribution >= 0.6 is 0 Å². The minimum atomic E-state index is -0.583. The van der Waals surface area contributed by atoms with Crippen LogP contribution in [0.5, 0.6) is 0 Å². The summed E-state index contributed by atoms with van der Waals surface area (Å²) in [6, 6.07) is 54.6. The molecule has 2 aliphatic rings. The van der Waals surface area contributed by atoms with Gasteiger partial charge in [-0.25, -0.2) is 0 Å². The number of hydrogen-bond donors (Lipinski definition) is 0. The first-order chi connectivity index (χ1) is 53.2. The van der Waals surface area contributed by atoms with E-state index in [1.54, 1.807) is 10.6 Å². The second-order valence-electron chi connectivity index (χ2n) is 28.6. The van der Waals surface area contributed by atoms with Gasteiger partial charge in [-0.1, -0.05) is 256 Å². The minimum absolute atomic E-state index is 0.00975. The highest BCUT2D eigenvalue weighted by atomic mass is 16.3. The van der Waals surface area contributed by atoms with Crippen LogP contribution in [0.4, 0.5) is 34.1 Å². The molecule has 0 spiro atoms. The number of anilines is 6. The number of hydrogen-bond acceptors (Lipinski definition) is 3. The quantitative estimate of drug-likeness (QED) is 0.159. The summed E-state index contributed by atoms with van der Waals surface area (Å²) in [4.78, 5) is 4.57. The maximum absolute atomic E-state index is 9.71. The van der Waals surface area contributed by atoms with E-state index in [0.717, 1.165) is 89.5 Å². The highest BCUT2D eigenvalue weighted by Crippen LogP contribution is 2.63. The van der Waals surface area contributed by atoms with Crippen molar-refractivity contribution in [1.82, 2.24) is 9.13 Å². The van der Waals surface area contributed by atoms with Crippen LogP contribution < -0.4 is 9.80 Å². The van der Waals surface area contributed by atoms with Crippen LogP contribution in [0.15, 0.2) is 283 Å². The summed E-state index contributed by atoms with van der Waals surface area (Å²) < 4.78 is 159. The molecule has 0 saturated heterocycles. The Kier molecular flexibility index (Phi) is 9.48. The maximum Gasteiger partial charge on any atom is 0.159 e. The standard InChI is InChI=1S/C91H74N4O/c1-89(2,3)62-47-61(48-63(52-62)90(4,5)6)58-42-44-73-81(51-58)95(80-41-25-35-72-71-34-24-40-79(87(71)96-88(72)80)94-77-38-22-18-32-69(77)70-33-19-23-39-78(70)94)84-54-64(91(7,8)9)53-83-86(84)85(73)74-45-43-65(92-75-36-20-16-30-67(75)68-31-17-21-37-76(68)92)55-82(74)93(83)66-49-59(56-26-12-10-13-27-56)46-60(50-66)57-28-14-11-15-29-57/h10-55,85H,1-9H3/i16D,17D,18D,19D,20D,21D,22D,23D,30D,31D,32D,33D,36D,37D,38D,39D. The SMILES string of the molecule is [2H]c1c([2H])c([2H])c2c(c1[2H])c1c([2H])c([2H])c([2H])c([2H])c1n2-c1ccc2c(c1)N(c1cc(-c3ccccc3)cc(-c3ccccc3)c1)c1cc(C(C)(C)C)cc3c1C2c1ccc(-c2cc(C(C)(C)C)cc(C(C)(C)C)c2)cc1N3c1cccc2c1oc1c(-n3c4c([2H])c([2H])c([2H])c([2H])c4c4c([2H])c([2H])c([2H])c([2H])c43)cccc12. The zero-order valence-electron chi connectivity index (χ0n) is 70.6. The molecule has 96 heavy (non-hydrogen) atoms. The monoisotopic (exact) mass is 1250 g/mol. The second-order valence-corrected chi connectivity index (χ2v) is 28.6. The normalized spacial score (nSPS) is 16.3. The second kappa shape index (κ2) is 21.2. The Morgan fingerprint density at radius 1 is 0.302 bits per heavy atom. The molecule has 1 atom stereocenters. The molecule has 5 heterocycles. The van der Waals surface area contributed by atoms with E-state index in [0.29, 0.717) is 33.4 Å². The molecule has 0 saturated carbocycles. The molecule has 464 valence electrons. The van der Waals surface area contributed by atoms with E-state index in [9.17, 15) is 11.0 Å². The summed E-state index contributed by atoms with van der Waals surface area (Å²) in [5.74, 6) is -0.583. The number of fused-ring (bicyclic) bond motifs is 13. The highest BCUT2D eigenvalue weighted by Gasteiger charge is 2.43. The van der Waals surface area contributed by atoms with E-state index in [2.05, 4.69) is 163 Å². The number of rotatable bonds is 7. The summed E-state index contributed by atoms with van der Waals surface area (Å²) in [6.07, 6.45) is 0. The summed E-state index contributed by atoms with van der Waals surface area (Å²) in [6.45, 7) is 19.9. The number of para-hydroxylation sites is 6. The van der Waals surface area contributed by atoms with Gasteiger partial charge < -0.3 is 23.4 Å². The first-order valence-corrected chi connectivity index (χ1v) is 32.6. The molecule has 0 bridgehead atoms. The average molecular weight is 1260 g/mol. The fourth-order valence-electron chi connectivity index (χ4n) is 14.7. The van der Waals surface area contributed by atoms with Gasteiger partial charge in [0.25, 0.3) is 0 Å². The van der Waals surface area contributed by atoms with Gasteiger partial charge in [-0.15, -0.1) is 0 Å². The van der Waals surface area contributed by atoms with Gasteiger partial charge in [0, 0.05) is 55.2 Å². The third-order valence-corrected chi connectivity index (χ3v) is 19.6. The van der Waals surface area contributed by atoms with Crippen LogP contribution in [-0.4, -0.2) is 9.13 Å². The molecule has 0 N–H and O–H groups in total. The molecule has 5 heteroatoms. The van der Waals surface area contributed by atoms with E-state index in [1.807, 2.05) is 84.9 Å².